The average molecular weight is 256 g/mol. The molecule has 96 valence electrons. The van der Waals surface area contributed by atoms with Crippen LogP contribution in [0.2, 0.25) is 0 Å². The van der Waals surface area contributed by atoms with E-state index in [-0.39, 0.29) is 0 Å². The number of aromatic nitrogens is 3. The van der Waals surface area contributed by atoms with Gasteiger partial charge >= 0.3 is 6.18 Å². The van der Waals surface area contributed by atoms with Crippen molar-refractivity contribution in [3.05, 3.63) is 35.8 Å². The molecule has 0 atom stereocenters. The van der Waals surface area contributed by atoms with Crippen LogP contribution in [0.25, 0.3) is 5.82 Å². The van der Waals surface area contributed by atoms with Crippen molar-refractivity contribution in [2.45, 2.75) is 19.5 Å². The average Bonchev–Trinajstić information content (AvgIpc) is 2.69. The number of pyridine rings is 1. The fourth-order valence-corrected chi connectivity index (χ4v) is 1.62. The standard InChI is InChI=1S/C11H11F3N4/c1-2-9-8(15)6-17-18(9)10-4-3-7(5-16-10)11(12,13)14/h3-6H,2,15H2,1H3. The van der Waals surface area contributed by atoms with Gasteiger partial charge < -0.3 is 5.73 Å². The zero-order valence-electron chi connectivity index (χ0n) is 9.57. The van der Waals surface area contributed by atoms with Crippen molar-refractivity contribution in [1.29, 1.82) is 0 Å². The second-order valence-electron chi connectivity index (χ2n) is 3.71. The summed E-state index contributed by atoms with van der Waals surface area (Å²) in [4.78, 5) is 3.76. The van der Waals surface area contributed by atoms with E-state index in [2.05, 4.69) is 10.1 Å². The Balaban J connectivity index is 2.40. The zero-order chi connectivity index (χ0) is 13.3. The van der Waals surface area contributed by atoms with E-state index < -0.39 is 11.7 Å². The van der Waals surface area contributed by atoms with Crippen molar-refractivity contribution in [3.63, 3.8) is 0 Å². The highest BCUT2D eigenvalue weighted by molar-refractivity contribution is 5.44. The summed E-state index contributed by atoms with van der Waals surface area (Å²) >= 11 is 0. The zero-order valence-corrected chi connectivity index (χ0v) is 9.57. The van der Waals surface area contributed by atoms with Crippen molar-refractivity contribution in [3.8, 4) is 5.82 Å². The predicted octanol–water partition coefficient (Wildman–Crippen LogP) is 2.43. The molecule has 0 saturated heterocycles. The Morgan fingerprint density at radius 2 is 2.00 bits per heavy atom. The molecule has 0 bridgehead atoms. The third-order valence-corrected chi connectivity index (χ3v) is 2.53. The molecule has 0 unspecified atom stereocenters. The molecule has 2 heterocycles. The van der Waals surface area contributed by atoms with Gasteiger partial charge in [0.25, 0.3) is 0 Å². The second-order valence-corrected chi connectivity index (χ2v) is 3.71. The van der Waals surface area contributed by atoms with Crippen LogP contribution in [-0.4, -0.2) is 14.8 Å². The van der Waals surface area contributed by atoms with Gasteiger partial charge in [0.15, 0.2) is 5.82 Å². The third kappa shape index (κ3) is 2.15. The van der Waals surface area contributed by atoms with Crippen molar-refractivity contribution < 1.29 is 13.2 Å². The molecule has 2 N–H and O–H groups in total. The summed E-state index contributed by atoms with van der Waals surface area (Å²) in [6.07, 6.45) is -1.53. The Kier molecular flexibility index (Phi) is 2.98. The number of anilines is 1. The highest BCUT2D eigenvalue weighted by Crippen LogP contribution is 2.28. The molecule has 0 aromatic carbocycles. The number of halogens is 3. The Morgan fingerprint density at radius 1 is 1.28 bits per heavy atom. The number of rotatable bonds is 2. The normalized spacial score (nSPS) is 11.8. The van der Waals surface area contributed by atoms with E-state index >= 15 is 0 Å². The first-order valence-corrected chi connectivity index (χ1v) is 5.29. The monoisotopic (exact) mass is 256 g/mol. The molecular weight excluding hydrogens is 245 g/mol. The van der Waals surface area contributed by atoms with Crippen LogP contribution in [0.5, 0.6) is 0 Å². The lowest BCUT2D eigenvalue weighted by Crippen LogP contribution is -2.08. The maximum atomic E-state index is 12.4. The molecule has 0 amide bonds. The molecule has 0 fully saturated rings. The highest BCUT2D eigenvalue weighted by Gasteiger charge is 2.30. The molecule has 0 radical (unpaired) electrons. The van der Waals surface area contributed by atoms with E-state index in [1.807, 2.05) is 6.92 Å². The summed E-state index contributed by atoms with van der Waals surface area (Å²) in [5.74, 6) is 0.316. The van der Waals surface area contributed by atoms with E-state index in [9.17, 15) is 13.2 Å². The lowest BCUT2D eigenvalue weighted by Gasteiger charge is -2.08. The van der Waals surface area contributed by atoms with E-state index in [0.717, 1.165) is 18.0 Å². The molecule has 0 aliphatic rings. The first-order chi connectivity index (χ1) is 8.43. The van der Waals surface area contributed by atoms with Gasteiger partial charge in [-0.25, -0.2) is 9.67 Å². The first kappa shape index (κ1) is 12.4. The Hall–Kier alpha value is -2.05. The number of nitrogen functional groups attached to an aromatic ring is 1. The number of alkyl halides is 3. The quantitative estimate of drug-likeness (QED) is 0.897. The van der Waals surface area contributed by atoms with Gasteiger partial charge in [-0.2, -0.15) is 18.3 Å². The molecule has 2 aromatic rings. The lowest BCUT2D eigenvalue weighted by atomic mass is 10.2. The number of hydrogen-bond donors (Lipinski definition) is 1. The topological polar surface area (TPSA) is 56.7 Å². The minimum atomic E-state index is -4.39. The Bertz CT molecular complexity index is 542. The van der Waals surface area contributed by atoms with Crippen LogP contribution in [0.3, 0.4) is 0 Å². The summed E-state index contributed by atoms with van der Waals surface area (Å²) in [6, 6.07) is 2.24. The smallest absolute Gasteiger partial charge is 0.396 e. The Labute approximate surface area is 101 Å². The molecule has 2 aromatic heterocycles. The minimum absolute atomic E-state index is 0.316. The van der Waals surface area contributed by atoms with Gasteiger partial charge in [0, 0.05) is 6.20 Å². The predicted molar refractivity (Wildman–Crippen MR) is 60.2 cm³/mol. The molecule has 2 rings (SSSR count). The van der Waals surface area contributed by atoms with Crippen molar-refractivity contribution >= 4 is 5.69 Å². The lowest BCUT2D eigenvalue weighted by molar-refractivity contribution is -0.137. The van der Waals surface area contributed by atoms with Gasteiger partial charge in [-0.3, -0.25) is 0 Å². The molecule has 18 heavy (non-hydrogen) atoms. The molecule has 0 aliphatic heterocycles. The largest absolute Gasteiger partial charge is 0.417 e. The van der Waals surface area contributed by atoms with Crippen molar-refractivity contribution in [1.82, 2.24) is 14.8 Å². The minimum Gasteiger partial charge on any atom is -0.396 e. The summed E-state index contributed by atoms with van der Waals surface area (Å²) < 4.78 is 38.6. The third-order valence-electron chi connectivity index (χ3n) is 2.53. The maximum absolute atomic E-state index is 12.4. The van der Waals surface area contributed by atoms with Crippen LogP contribution in [-0.2, 0) is 12.6 Å². The van der Waals surface area contributed by atoms with Crippen LogP contribution in [0, 0.1) is 0 Å². The molecule has 4 nitrogen and oxygen atoms in total. The Morgan fingerprint density at radius 3 is 2.50 bits per heavy atom. The second kappa shape index (κ2) is 4.32. The van der Waals surface area contributed by atoms with E-state index in [4.69, 9.17) is 5.73 Å². The number of nitrogens with zero attached hydrogens (tertiary/aromatic N) is 3. The van der Waals surface area contributed by atoms with Crippen LogP contribution in [0.4, 0.5) is 18.9 Å². The summed E-state index contributed by atoms with van der Waals surface area (Å²) in [7, 11) is 0. The van der Waals surface area contributed by atoms with E-state index in [1.54, 1.807) is 0 Å². The van der Waals surface area contributed by atoms with Crippen molar-refractivity contribution in [2.24, 2.45) is 0 Å². The molecule has 0 spiro atoms. The van der Waals surface area contributed by atoms with Gasteiger partial charge in [-0.1, -0.05) is 6.92 Å². The number of nitrogens with two attached hydrogens (primary N) is 1. The highest BCUT2D eigenvalue weighted by atomic mass is 19.4. The van der Waals surface area contributed by atoms with Crippen LogP contribution in [0.15, 0.2) is 24.5 Å². The van der Waals surface area contributed by atoms with Crippen LogP contribution in [0.1, 0.15) is 18.2 Å². The van der Waals surface area contributed by atoms with Crippen LogP contribution >= 0.6 is 0 Å². The van der Waals surface area contributed by atoms with E-state index in [0.29, 0.717) is 17.9 Å². The molecule has 0 saturated carbocycles. The van der Waals surface area contributed by atoms with Crippen molar-refractivity contribution in [2.75, 3.05) is 5.73 Å². The van der Waals surface area contributed by atoms with E-state index in [1.165, 1.54) is 16.9 Å². The summed E-state index contributed by atoms with van der Waals surface area (Å²) in [5.41, 5.74) is 6.13. The van der Waals surface area contributed by atoms with Gasteiger partial charge in [-0.05, 0) is 18.6 Å². The fourth-order valence-electron chi connectivity index (χ4n) is 1.62. The fraction of sp³-hybridized carbons (Fsp3) is 0.273. The summed E-state index contributed by atoms with van der Waals surface area (Å²) in [5, 5.41) is 4.00. The molecule has 7 heteroatoms. The number of hydrogen-bond acceptors (Lipinski definition) is 3. The molecular formula is C11H11F3N4. The molecule has 0 aliphatic carbocycles. The van der Waals surface area contributed by atoms with Crippen LogP contribution < -0.4 is 5.73 Å². The summed E-state index contributed by atoms with van der Waals surface area (Å²) in [6.45, 7) is 1.88. The maximum Gasteiger partial charge on any atom is 0.417 e. The van der Waals surface area contributed by atoms with Gasteiger partial charge in [0.1, 0.15) is 0 Å². The van der Waals surface area contributed by atoms with Gasteiger partial charge in [0.2, 0.25) is 0 Å². The SMILES string of the molecule is CCc1c(N)cnn1-c1ccc(C(F)(F)F)cn1. The first-order valence-electron chi connectivity index (χ1n) is 5.29. The van der Waals surface area contributed by atoms with Gasteiger partial charge in [-0.15, -0.1) is 0 Å². The van der Waals surface area contributed by atoms with Gasteiger partial charge in [0.05, 0.1) is 23.1 Å².